The molecule has 0 saturated carbocycles. The van der Waals surface area contributed by atoms with Crippen molar-refractivity contribution in [3.8, 4) is 5.75 Å². The van der Waals surface area contributed by atoms with E-state index in [2.05, 4.69) is 4.98 Å². The number of nitrogen functional groups attached to an aromatic ring is 1. The number of benzene rings is 1. The van der Waals surface area contributed by atoms with E-state index in [0.29, 0.717) is 0 Å². The van der Waals surface area contributed by atoms with Crippen LogP contribution in [0.15, 0.2) is 42.7 Å². The lowest BCUT2D eigenvalue weighted by Gasteiger charge is -2.08. The maximum Gasteiger partial charge on any atom is 0.335 e. The fourth-order valence-electron chi connectivity index (χ4n) is 1.07. The van der Waals surface area contributed by atoms with E-state index < -0.39 is 11.7 Å². The van der Waals surface area contributed by atoms with Gasteiger partial charge in [0, 0.05) is 22.8 Å². The van der Waals surface area contributed by atoms with Gasteiger partial charge in [0.25, 0.3) is 0 Å². The molecule has 0 saturated heterocycles. The zero-order chi connectivity index (χ0) is 13.5. The Balaban J connectivity index is 0.000000199. The number of pyridine rings is 1. The fourth-order valence-corrected chi connectivity index (χ4v) is 1.24. The lowest BCUT2D eigenvalue weighted by atomic mass is 10.2. The third kappa shape index (κ3) is 4.31. The summed E-state index contributed by atoms with van der Waals surface area (Å²) in [5, 5.41) is 19.5. The molecule has 1 heterocycles. The number of halogens is 1. The molecule has 0 atom stereocenters. The van der Waals surface area contributed by atoms with Crippen LogP contribution in [0.5, 0.6) is 5.75 Å². The van der Waals surface area contributed by atoms with Crippen LogP contribution in [0.4, 0.5) is 5.69 Å². The summed E-state index contributed by atoms with van der Waals surface area (Å²) in [5.41, 5.74) is 5.83. The highest BCUT2D eigenvalue weighted by Crippen LogP contribution is 2.18. The Morgan fingerprint density at radius 2 is 1.89 bits per heavy atom. The maximum absolute atomic E-state index is 10.8. The quantitative estimate of drug-likeness (QED) is 0.810. The van der Waals surface area contributed by atoms with Gasteiger partial charge in [0.05, 0.1) is 5.56 Å². The van der Waals surface area contributed by atoms with Crippen molar-refractivity contribution < 1.29 is 20.0 Å². The Bertz CT molecular complexity index is 532. The average Bonchev–Trinajstić information content (AvgIpc) is 2.34. The molecule has 1 aromatic heterocycles. The Morgan fingerprint density at radius 1 is 1.28 bits per heavy atom. The van der Waals surface area contributed by atoms with Crippen LogP contribution in [0.1, 0.15) is 10.4 Å². The topological polar surface area (TPSA) is 101 Å². The molecule has 5 nitrogen and oxygen atoms in total. The number of aromatic nitrogens is 1. The van der Waals surface area contributed by atoms with E-state index in [4.69, 9.17) is 22.4 Å². The molecule has 6 heteroatoms. The first-order valence-electron chi connectivity index (χ1n) is 4.92. The molecule has 0 aliphatic carbocycles. The minimum Gasteiger partial charge on any atom is -0.872 e. The number of nitrogens with two attached hydrogens (primary N) is 1. The van der Waals surface area contributed by atoms with Crippen molar-refractivity contribution in [2.24, 2.45) is 0 Å². The van der Waals surface area contributed by atoms with Crippen LogP contribution < -0.4 is 15.8 Å². The maximum atomic E-state index is 10.8. The van der Waals surface area contributed by atoms with Crippen molar-refractivity contribution in [2.75, 3.05) is 5.73 Å². The lowest BCUT2D eigenvalue weighted by molar-refractivity contribution is -0.377. The standard InChI is InChI=1S/C7H5ClO3.C5H6N2/c8-4-1-2-6(9)5(3-4)7(10)11;6-5-1-3-7-4-2-5/h1-3,9H,(H,10,11);1-4H,(H2,6,7). The first-order chi connectivity index (χ1) is 8.50. The van der Waals surface area contributed by atoms with Crippen molar-refractivity contribution in [3.63, 3.8) is 0 Å². The molecule has 2 aromatic rings. The zero-order valence-corrected chi connectivity index (χ0v) is 10.0. The minimum absolute atomic E-state index is 0.252. The monoisotopic (exact) mass is 266 g/mol. The number of rotatable bonds is 1. The van der Waals surface area contributed by atoms with Crippen molar-refractivity contribution >= 4 is 23.3 Å². The summed E-state index contributed by atoms with van der Waals surface area (Å²) >= 11 is 5.46. The van der Waals surface area contributed by atoms with Gasteiger partial charge in [-0.25, -0.2) is 9.78 Å². The molecule has 0 spiro atoms. The summed E-state index contributed by atoms with van der Waals surface area (Å²) in [6, 6.07) is 7.23. The van der Waals surface area contributed by atoms with E-state index in [0.717, 1.165) is 17.8 Å². The van der Waals surface area contributed by atoms with E-state index in [9.17, 15) is 9.90 Å². The molecule has 18 heavy (non-hydrogen) atoms. The van der Waals surface area contributed by atoms with Crippen LogP contribution in [-0.4, -0.2) is 11.1 Å². The number of carboxylic acids is 1. The Hall–Kier alpha value is -2.27. The normalized spacial score (nSPS) is 9.17. The van der Waals surface area contributed by atoms with Gasteiger partial charge in [0.1, 0.15) is 0 Å². The first kappa shape index (κ1) is 13.8. The van der Waals surface area contributed by atoms with Crippen LogP contribution in [0.25, 0.3) is 0 Å². The molecule has 0 bridgehead atoms. The summed E-state index contributed by atoms with van der Waals surface area (Å²) < 4.78 is 0. The number of hydrogen-bond acceptors (Lipinski definition) is 3. The molecule has 0 fully saturated rings. The van der Waals surface area contributed by atoms with Gasteiger partial charge >= 0.3 is 5.97 Å². The van der Waals surface area contributed by atoms with Gasteiger partial charge < -0.3 is 15.9 Å². The number of carboxylic acid groups (broad SMARTS) is 1. The van der Waals surface area contributed by atoms with Crippen LogP contribution in [0.2, 0.25) is 5.02 Å². The van der Waals surface area contributed by atoms with E-state index in [1.807, 2.05) is 0 Å². The van der Waals surface area contributed by atoms with Crippen LogP contribution in [-0.2, 0) is 0 Å². The van der Waals surface area contributed by atoms with Gasteiger partial charge in [-0.2, -0.15) is 0 Å². The third-order valence-corrected chi connectivity index (χ3v) is 2.15. The molecule has 0 radical (unpaired) electrons. The van der Waals surface area contributed by atoms with Gasteiger partial charge in [-0.1, -0.05) is 23.4 Å². The van der Waals surface area contributed by atoms with Gasteiger partial charge in [-0.15, -0.1) is 0 Å². The fraction of sp³-hybridized carbons (Fsp3) is 0. The number of anilines is 1. The number of aromatic carboxylic acids is 1. The van der Waals surface area contributed by atoms with Crippen molar-refractivity contribution in [1.82, 2.24) is 0 Å². The second-order valence-electron chi connectivity index (χ2n) is 3.28. The summed E-state index contributed by atoms with van der Waals surface area (Å²) in [4.78, 5) is 13.2. The Morgan fingerprint density at radius 3 is 2.28 bits per heavy atom. The number of aromatic amines is 1. The molecule has 2 rings (SSSR count). The second kappa shape index (κ2) is 6.46. The summed E-state index contributed by atoms with van der Waals surface area (Å²) in [6.07, 6.45) is 3.57. The molecule has 0 aliphatic rings. The Labute approximate surface area is 108 Å². The SMILES string of the molecule is Nc1cc[nH+]cc1.O=C(O)c1cc(Cl)ccc1[O-]. The summed E-state index contributed by atoms with van der Waals surface area (Å²) in [6.45, 7) is 0. The second-order valence-corrected chi connectivity index (χ2v) is 3.72. The lowest BCUT2D eigenvalue weighted by Crippen LogP contribution is -2.02. The highest BCUT2D eigenvalue weighted by Gasteiger charge is 2.02. The molecule has 4 N–H and O–H groups in total. The van der Waals surface area contributed by atoms with E-state index in [1.165, 1.54) is 6.07 Å². The average molecular weight is 267 g/mol. The van der Waals surface area contributed by atoms with E-state index >= 15 is 0 Å². The predicted molar refractivity (Wildman–Crippen MR) is 65.3 cm³/mol. The summed E-state index contributed by atoms with van der Waals surface area (Å²) in [5.74, 6) is -1.78. The number of H-pyrrole nitrogens is 1. The van der Waals surface area contributed by atoms with E-state index in [1.54, 1.807) is 24.5 Å². The molecular weight excluding hydrogens is 256 g/mol. The number of carbonyl (C=O) groups is 1. The molecule has 0 aliphatic heterocycles. The van der Waals surface area contributed by atoms with Gasteiger partial charge in [0.2, 0.25) is 0 Å². The van der Waals surface area contributed by atoms with E-state index in [-0.39, 0.29) is 10.6 Å². The number of hydrogen-bond donors (Lipinski definition) is 2. The van der Waals surface area contributed by atoms with Crippen LogP contribution in [0, 0.1) is 0 Å². The number of nitrogens with one attached hydrogen (secondary N) is 1. The Kier molecular flexibility index (Phi) is 4.95. The molecular formula is C12H11ClN2O3. The zero-order valence-electron chi connectivity index (χ0n) is 9.26. The van der Waals surface area contributed by atoms with Crippen molar-refractivity contribution in [1.29, 1.82) is 0 Å². The minimum atomic E-state index is -1.25. The molecule has 1 aromatic carbocycles. The predicted octanol–water partition coefficient (Wildman–Crippen LogP) is 1.19. The molecule has 0 unspecified atom stereocenters. The summed E-state index contributed by atoms with van der Waals surface area (Å²) in [7, 11) is 0. The highest BCUT2D eigenvalue weighted by molar-refractivity contribution is 6.31. The van der Waals surface area contributed by atoms with Crippen LogP contribution in [0.3, 0.4) is 0 Å². The first-order valence-corrected chi connectivity index (χ1v) is 5.30. The molecule has 94 valence electrons. The van der Waals surface area contributed by atoms with Crippen molar-refractivity contribution in [2.45, 2.75) is 0 Å². The smallest absolute Gasteiger partial charge is 0.335 e. The van der Waals surface area contributed by atoms with Crippen LogP contribution >= 0.6 is 11.6 Å². The van der Waals surface area contributed by atoms with Crippen molar-refractivity contribution in [3.05, 3.63) is 53.3 Å². The molecule has 0 amide bonds. The highest BCUT2D eigenvalue weighted by atomic mass is 35.5. The third-order valence-electron chi connectivity index (χ3n) is 1.92. The van der Waals surface area contributed by atoms with Gasteiger partial charge in [-0.3, -0.25) is 0 Å². The van der Waals surface area contributed by atoms with Gasteiger partial charge in [-0.05, 0) is 12.1 Å². The van der Waals surface area contributed by atoms with Gasteiger partial charge in [0.15, 0.2) is 12.4 Å². The largest absolute Gasteiger partial charge is 0.872 e.